The molecular weight excluding hydrogens is 398 g/mol. The summed E-state index contributed by atoms with van der Waals surface area (Å²) in [5.41, 5.74) is 0. The van der Waals surface area contributed by atoms with Gasteiger partial charge in [-0.05, 0) is 18.9 Å². The van der Waals surface area contributed by atoms with Crippen LogP contribution in [0.5, 0.6) is 0 Å². The fourth-order valence-corrected chi connectivity index (χ4v) is 2.01. The van der Waals surface area contributed by atoms with Gasteiger partial charge in [0.25, 0.3) is 0 Å². The summed E-state index contributed by atoms with van der Waals surface area (Å²) in [7, 11) is 0. The van der Waals surface area contributed by atoms with E-state index in [-0.39, 0.29) is 31.1 Å². The molecule has 1 aliphatic heterocycles. The van der Waals surface area contributed by atoms with Gasteiger partial charge in [-0.2, -0.15) is 6.42 Å². The third kappa shape index (κ3) is 4.66. The van der Waals surface area contributed by atoms with Crippen LogP contribution in [0.1, 0.15) is 27.2 Å². The van der Waals surface area contributed by atoms with Gasteiger partial charge in [0.1, 0.15) is 0 Å². The van der Waals surface area contributed by atoms with Gasteiger partial charge < -0.3 is 12.2 Å². The fraction of sp³-hybridized carbons (Fsp3) is 0.909. The molecule has 1 aliphatic rings. The minimum atomic E-state index is 0. The van der Waals surface area contributed by atoms with Gasteiger partial charge in [0.2, 0.25) is 0 Å². The molecule has 1 saturated heterocycles. The van der Waals surface area contributed by atoms with Gasteiger partial charge in [0.15, 0.2) is 0 Å². The molecule has 3 heteroatoms. The average Bonchev–Trinajstić information content (AvgIpc) is 2.03. The van der Waals surface area contributed by atoms with Crippen LogP contribution in [-0.2, 0) is 0 Å². The zero-order valence-corrected chi connectivity index (χ0v) is 13.9. The summed E-state index contributed by atoms with van der Waals surface area (Å²) in [5, 5.41) is 3.50. The van der Waals surface area contributed by atoms with Crippen LogP contribution < -0.4 is 5.32 Å². The first-order chi connectivity index (χ1) is 6.13. The van der Waals surface area contributed by atoms with E-state index in [1.165, 1.54) is 13.1 Å². The van der Waals surface area contributed by atoms with Crippen molar-refractivity contribution in [3.63, 3.8) is 0 Å². The van der Waals surface area contributed by atoms with Crippen LogP contribution in [0, 0.1) is 44.0 Å². The summed E-state index contributed by atoms with van der Waals surface area (Å²) in [6, 6.07) is 1.29. The van der Waals surface area contributed by atoms with Crippen molar-refractivity contribution < 1.29 is 31.1 Å². The number of hydrogen-bond acceptors (Lipinski definition) is 2. The second-order valence-electron chi connectivity index (χ2n) is 4.60. The summed E-state index contributed by atoms with van der Waals surface area (Å²) in [5.74, 6) is 0.763. The van der Waals surface area contributed by atoms with Crippen molar-refractivity contribution in [3.8, 4) is 0 Å². The van der Waals surface area contributed by atoms with E-state index in [2.05, 4.69) is 37.9 Å². The normalized spacial score (nSPS) is 28.9. The van der Waals surface area contributed by atoms with Crippen LogP contribution >= 0.6 is 0 Å². The number of nitrogens with one attached hydrogen (secondary N) is 1. The smallest absolute Gasteiger partial charge is 0.0167 e. The first kappa shape index (κ1) is 15.0. The van der Waals surface area contributed by atoms with Crippen molar-refractivity contribution >= 4 is 0 Å². The third-order valence-corrected chi connectivity index (χ3v) is 2.66. The monoisotopic (exact) mass is 421 g/mol. The minimum Gasteiger partial charge on any atom is -0.342 e. The number of piperazine rings is 1. The van der Waals surface area contributed by atoms with Crippen molar-refractivity contribution in [2.24, 2.45) is 5.92 Å². The Morgan fingerprint density at radius 2 is 2.14 bits per heavy atom. The van der Waals surface area contributed by atoms with Crippen molar-refractivity contribution in [2.75, 3.05) is 19.6 Å². The average molecular weight is 421 g/mol. The van der Waals surface area contributed by atoms with Crippen LogP contribution in [0.25, 0.3) is 0 Å². The second-order valence-corrected chi connectivity index (χ2v) is 4.60. The van der Waals surface area contributed by atoms with Crippen LogP contribution in [0.2, 0.25) is 0 Å². The molecule has 1 N–H and O–H groups in total. The Morgan fingerprint density at radius 3 is 2.64 bits per heavy atom. The van der Waals surface area contributed by atoms with Crippen molar-refractivity contribution in [1.82, 2.24) is 10.2 Å². The number of hydrogen-bond donors (Lipinski definition) is 1. The van der Waals surface area contributed by atoms with Gasteiger partial charge in [-0.15, -0.1) is 0 Å². The Hall–Kier alpha value is 0.972. The Labute approximate surface area is 113 Å². The SMILES string of the molecule is [CH2-]CC1CNC(C)CN1CC(C)C.[U]. The zero-order valence-electron chi connectivity index (χ0n) is 9.71. The van der Waals surface area contributed by atoms with E-state index in [4.69, 9.17) is 0 Å². The molecule has 2 unspecified atom stereocenters. The molecule has 82 valence electrons. The standard InChI is InChI=1S/C11H23N2.U/c1-5-11-6-12-10(4)8-13(11)7-9(2)3;/h9-12H,1,5-8H2,2-4H3;/q-1;. The van der Waals surface area contributed by atoms with Crippen molar-refractivity contribution in [2.45, 2.75) is 39.3 Å². The Morgan fingerprint density at radius 1 is 1.50 bits per heavy atom. The molecule has 0 spiro atoms. The molecule has 0 aromatic heterocycles. The molecular formula is C11H23N2U-. The molecule has 0 saturated carbocycles. The third-order valence-electron chi connectivity index (χ3n) is 2.66. The van der Waals surface area contributed by atoms with Gasteiger partial charge in [-0.25, -0.2) is 0 Å². The van der Waals surface area contributed by atoms with Crippen molar-refractivity contribution in [1.29, 1.82) is 0 Å². The molecule has 14 heavy (non-hydrogen) atoms. The molecule has 0 aromatic rings. The predicted molar refractivity (Wildman–Crippen MR) is 57.6 cm³/mol. The summed E-state index contributed by atoms with van der Waals surface area (Å²) in [6.45, 7) is 14.3. The second kappa shape index (κ2) is 7.28. The molecule has 0 radical (unpaired) electrons. The molecule has 1 rings (SSSR count). The summed E-state index contributed by atoms with van der Waals surface area (Å²) >= 11 is 0. The van der Waals surface area contributed by atoms with E-state index in [1.807, 2.05) is 0 Å². The number of nitrogens with zero attached hydrogens (tertiary/aromatic N) is 1. The summed E-state index contributed by atoms with van der Waals surface area (Å²) in [4.78, 5) is 2.58. The molecule has 0 aliphatic carbocycles. The first-order valence-electron chi connectivity index (χ1n) is 5.40. The first-order valence-corrected chi connectivity index (χ1v) is 5.40. The summed E-state index contributed by atoms with van der Waals surface area (Å²) in [6.07, 6.45) is 1.02. The maximum absolute atomic E-state index is 4.01. The maximum atomic E-state index is 4.01. The minimum absolute atomic E-state index is 0. The molecule has 1 fully saturated rings. The van der Waals surface area contributed by atoms with Crippen LogP contribution in [0.3, 0.4) is 0 Å². The van der Waals surface area contributed by atoms with Gasteiger partial charge >= 0.3 is 0 Å². The van der Waals surface area contributed by atoms with Gasteiger partial charge in [0, 0.05) is 56.8 Å². The van der Waals surface area contributed by atoms with Gasteiger partial charge in [0.05, 0.1) is 0 Å². The van der Waals surface area contributed by atoms with Gasteiger partial charge in [-0.1, -0.05) is 13.8 Å². The van der Waals surface area contributed by atoms with Crippen molar-refractivity contribution in [3.05, 3.63) is 6.92 Å². The van der Waals surface area contributed by atoms with Crippen LogP contribution in [0.4, 0.5) is 0 Å². The maximum Gasteiger partial charge on any atom is 0.0167 e. The van der Waals surface area contributed by atoms with E-state index >= 15 is 0 Å². The molecule has 0 bridgehead atoms. The molecule has 1 heterocycles. The largest absolute Gasteiger partial charge is 0.342 e. The Balaban J connectivity index is 0.00000169. The van der Waals surface area contributed by atoms with E-state index < -0.39 is 0 Å². The van der Waals surface area contributed by atoms with E-state index in [9.17, 15) is 0 Å². The van der Waals surface area contributed by atoms with Gasteiger partial charge in [-0.3, -0.25) is 4.90 Å². The van der Waals surface area contributed by atoms with Crippen LogP contribution in [-0.4, -0.2) is 36.6 Å². The van der Waals surface area contributed by atoms with E-state index in [0.29, 0.717) is 12.1 Å². The summed E-state index contributed by atoms with van der Waals surface area (Å²) < 4.78 is 0. The molecule has 2 atom stereocenters. The topological polar surface area (TPSA) is 15.3 Å². The fourth-order valence-electron chi connectivity index (χ4n) is 2.01. The molecule has 0 amide bonds. The van der Waals surface area contributed by atoms with E-state index in [1.54, 1.807) is 0 Å². The Kier molecular flexibility index (Phi) is 7.78. The zero-order chi connectivity index (χ0) is 9.84. The quantitative estimate of drug-likeness (QED) is 0.696. The van der Waals surface area contributed by atoms with E-state index in [0.717, 1.165) is 18.9 Å². The van der Waals surface area contributed by atoms with Crippen LogP contribution in [0.15, 0.2) is 0 Å². The molecule has 2 nitrogen and oxygen atoms in total. The number of rotatable bonds is 3. The predicted octanol–water partition coefficient (Wildman–Crippen LogP) is 1.53. The Bertz CT molecular complexity index is 148. The molecule has 0 aromatic carbocycles.